The molecule has 1 heterocycles. The van der Waals surface area contributed by atoms with Gasteiger partial charge in [0.2, 0.25) is 0 Å². The van der Waals surface area contributed by atoms with Crippen molar-refractivity contribution in [1.29, 1.82) is 0 Å². The third kappa shape index (κ3) is 3.14. The number of hydrogen-bond donors (Lipinski definition) is 1. The van der Waals surface area contributed by atoms with E-state index in [1.54, 1.807) is 13.0 Å². The van der Waals surface area contributed by atoms with Gasteiger partial charge in [-0.15, -0.1) is 0 Å². The number of hydrogen-bond acceptors (Lipinski definition) is 2. The number of aryl methyl sites for hydroxylation is 1. The van der Waals surface area contributed by atoms with Gasteiger partial charge in [0.15, 0.2) is 0 Å². The fourth-order valence-corrected chi connectivity index (χ4v) is 3.91. The highest BCUT2D eigenvalue weighted by atomic mass is 32.2. The van der Waals surface area contributed by atoms with Crippen molar-refractivity contribution in [3.63, 3.8) is 0 Å². The van der Waals surface area contributed by atoms with Gasteiger partial charge >= 0.3 is 0 Å². The predicted molar refractivity (Wildman–Crippen MR) is 88.0 cm³/mol. The van der Waals surface area contributed by atoms with Crippen LogP contribution in [0.15, 0.2) is 42.5 Å². The van der Waals surface area contributed by atoms with Crippen molar-refractivity contribution in [1.82, 2.24) is 5.32 Å². The maximum Gasteiger partial charge on any atom is 0.126 e. The van der Waals surface area contributed by atoms with E-state index in [1.165, 1.54) is 11.1 Å². The van der Waals surface area contributed by atoms with Crippen LogP contribution < -0.4 is 5.32 Å². The van der Waals surface area contributed by atoms with Crippen LogP contribution in [0.3, 0.4) is 0 Å². The summed E-state index contributed by atoms with van der Waals surface area (Å²) in [6.07, 6.45) is 0. The molecule has 0 saturated carbocycles. The smallest absolute Gasteiger partial charge is 0.126 e. The number of benzene rings is 2. The summed E-state index contributed by atoms with van der Waals surface area (Å²) in [4.78, 5) is 0. The standard InChI is InChI=1S/C18H20FNS/c1-12-7-8-14(9-17(12)19)13(2)20-18-11-21-10-15-5-3-4-6-16(15)18/h3-9,13,18,20H,10-11H2,1-2H3. The lowest BCUT2D eigenvalue weighted by atomic mass is 9.99. The number of thioether (sulfide) groups is 1. The molecule has 2 aromatic carbocycles. The van der Waals surface area contributed by atoms with Crippen molar-refractivity contribution in [2.45, 2.75) is 31.7 Å². The van der Waals surface area contributed by atoms with Crippen LogP contribution in [-0.4, -0.2) is 5.75 Å². The zero-order chi connectivity index (χ0) is 14.8. The summed E-state index contributed by atoms with van der Waals surface area (Å²) in [5.41, 5.74) is 4.50. The zero-order valence-electron chi connectivity index (χ0n) is 12.4. The Bertz CT molecular complexity index is 641. The molecule has 110 valence electrons. The van der Waals surface area contributed by atoms with E-state index in [1.807, 2.05) is 23.9 Å². The van der Waals surface area contributed by atoms with Crippen LogP contribution in [0.1, 0.15) is 41.3 Å². The molecule has 0 radical (unpaired) electrons. The molecular formula is C18H20FNS. The van der Waals surface area contributed by atoms with E-state index in [-0.39, 0.29) is 11.9 Å². The molecular weight excluding hydrogens is 281 g/mol. The lowest BCUT2D eigenvalue weighted by molar-refractivity contribution is 0.492. The molecule has 2 aromatic rings. The molecule has 0 aromatic heterocycles. The molecule has 3 heteroatoms. The van der Waals surface area contributed by atoms with Crippen molar-refractivity contribution >= 4 is 11.8 Å². The van der Waals surface area contributed by atoms with Crippen LogP contribution in [0.4, 0.5) is 4.39 Å². The topological polar surface area (TPSA) is 12.0 Å². The zero-order valence-corrected chi connectivity index (χ0v) is 13.2. The molecule has 1 aliphatic rings. The fourth-order valence-electron chi connectivity index (χ4n) is 2.80. The van der Waals surface area contributed by atoms with E-state index < -0.39 is 0 Å². The molecule has 0 amide bonds. The van der Waals surface area contributed by atoms with Crippen LogP contribution in [-0.2, 0) is 5.75 Å². The first kappa shape index (κ1) is 14.6. The predicted octanol–water partition coefficient (Wildman–Crippen LogP) is 4.77. The summed E-state index contributed by atoms with van der Waals surface area (Å²) in [7, 11) is 0. The maximum atomic E-state index is 13.7. The number of halogens is 1. The van der Waals surface area contributed by atoms with Gasteiger partial charge in [0, 0.05) is 23.6 Å². The van der Waals surface area contributed by atoms with Crippen LogP contribution in [0.2, 0.25) is 0 Å². The minimum Gasteiger partial charge on any atom is -0.303 e. The molecule has 1 aliphatic heterocycles. The lowest BCUT2D eigenvalue weighted by Gasteiger charge is -2.29. The Labute approximate surface area is 130 Å². The van der Waals surface area contributed by atoms with Crippen molar-refractivity contribution in [3.05, 3.63) is 70.5 Å². The Morgan fingerprint density at radius 3 is 2.86 bits per heavy atom. The average molecular weight is 301 g/mol. The molecule has 0 saturated heterocycles. The second-order valence-corrected chi connectivity index (χ2v) is 6.69. The Kier molecular flexibility index (Phi) is 4.32. The normalized spacial score (nSPS) is 19.1. The first-order valence-electron chi connectivity index (χ1n) is 7.33. The van der Waals surface area contributed by atoms with Crippen molar-refractivity contribution in [2.75, 3.05) is 5.75 Å². The summed E-state index contributed by atoms with van der Waals surface area (Å²) in [6, 6.07) is 14.6. The van der Waals surface area contributed by atoms with Crippen LogP contribution >= 0.6 is 11.8 Å². The molecule has 0 spiro atoms. The third-order valence-electron chi connectivity index (χ3n) is 4.12. The molecule has 0 fully saturated rings. The molecule has 0 bridgehead atoms. The van der Waals surface area contributed by atoms with Gasteiger partial charge in [0.1, 0.15) is 5.82 Å². The molecule has 2 atom stereocenters. The van der Waals surface area contributed by atoms with E-state index in [0.717, 1.165) is 17.1 Å². The molecule has 1 N–H and O–H groups in total. The monoisotopic (exact) mass is 301 g/mol. The van der Waals surface area contributed by atoms with Crippen LogP contribution in [0, 0.1) is 12.7 Å². The van der Waals surface area contributed by atoms with E-state index in [2.05, 4.69) is 36.5 Å². The molecule has 3 rings (SSSR count). The van der Waals surface area contributed by atoms with Crippen molar-refractivity contribution < 1.29 is 4.39 Å². The van der Waals surface area contributed by atoms with Gasteiger partial charge in [-0.1, -0.05) is 36.4 Å². The lowest BCUT2D eigenvalue weighted by Crippen LogP contribution is -2.29. The van der Waals surface area contributed by atoms with Gasteiger partial charge in [-0.3, -0.25) is 0 Å². The Morgan fingerprint density at radius 2 is 2.05 bits per heavy atom. The minimum absolute atomic E-state index is 0.125. The highest BCUT2D eigenvalue weighted by Gasteiger charge is 2.22. The number of rotatable bonds is 3. The average Bonchev–Trinajstić information content (AvgIpc) is 2.50. The molecule has 21 heavy (non-hydrogen) atoms. The quantitative estimate of drug-likeness (QED) is 0.876. The van der Waals surface area contributed by atoms with Gasteiger partial charge in [0.05, 0.1) is 0 Å². The van der Waals surface area contributed by atoms with Gasteiger partial charge in [-0.05, 0) is 42.2 Å². The largest absolute Gasteiger partial charge is 0.303 e. The summed E-state index contributed by atoms with van der Waals surface area (Å²) in [6.45, 7) is 3.90. The molecule has 2 unspecified atom stereocenters. The summed E-state index contributed by atoms with van der Waals surface area (Å²) < 4.78 is 13.7. The second-order valence-electron chi connectivity index (χ2n) is 5.66. The Balaban J connectivity index is 1.79. The van der Waals surface area contributed by atoms with Crippen LogP contribution in [0.25, 0.3) is 0 Å². The first-order valence-corrected chi connectivity index (χ1v) is 8.48. The van der Waals surface area contributed by atoms with Gasteiger partial charge in [-0.25, -0.2) is 4.39 Å². The Morgan fingerprint density at radius 1 is 1.24 bits per heavy atom. The maximum absolute atomic E-state index is 13.7. The van der Waals surface area contributed by atoms with Crippen molar-refractivity contribution in [2.24, 2.45) is 0 Å². The van der Waals surface area contributed by atoms with E-state index in [4.69, 9.17) is 0 Å². The second kappa shape index (κ2) is 6.20. The van der Waals surface area contributed by atoms with E-state index >= 15 is 0 Å². The molecule has 1 nitrogen and oxygen atoms in total. The third-order valence-corrected chi connectivity index (χ3v) is 5.20. The summed E-state index contributed by atoms with van der Waals surface area (Å²) in [5, 5.41) is 3.65. The summed E-state index contributed by atoms with van der Waals surface area (Å²) in [5.74, 6) is 2.02. The molecule has 0 aliphatic carbocycles. The fraction of sp³-hybridized carbons (Fsp3) is 0.333. The van der Waals surface area contributed by atoms with Crippen LogP contribution in [0.5, 0.6) is 0 Å². The van der Waals surface area contributed by atoms with Gasteiger partial charge in [-0.2, -0.15) is 11.8 Å². The van der Waals surface area contributed by atoms with E-state index in [0.29, 0.717) is 11.6 Å². The minimum atomic E-state index is -0.125. The highest BCUT2D eigenvalue weighted by Crippen LogP contribution is 2.33. The SMILES string of the molecule is Cc1ccc(C(C)NC2CSCc3ccccc32)cc1F. The van der Waals surface area contributed by atoms with Gasteiger partial charge < -0.3 is 5.32 Å². The highest BCUT2D eigenvalue weighted by molar-refractivity contribution is 7.98. The van der Waals surface area contributed by atoms with E-state index in [9.17, 15) is 4.39 Å². The Hall–Kier alpha value is -1.32. The van der Waals surface area contributed by atoms with Gasteiger partial charge in [0.25, 0.3) is 0 Å². The number of fused-ring (bicyclic) bond motifs is 1. The number of nitrogens with one attached hydrogen (secondary N) is 1. The summed E-state index contributed by atoms with van der Waals surface area (Å²) >= 11 is 1.95. The first-order chi connectivity index (χ1) is 10.1. The van der Waals surface area contributed by atoms with Crippen molar-refractivity contribution in [3.8, 4) is 0 Å².